The van der Waals surface area contributed by atoms with Crippen molar-refractivity contribution in [2.75, 3.05) is 7.11 Å². The van der Waals surface area contributed by atoms with Crippen molar-refractivity contribution in [1.29, 1.82) is 0 Å². The highest BCUT2D eigenvalue weighted by Gasteiger charge is 2.18. The number of methoxy groups -OCH3 is 1. The molecule has 2 aromatic rings. The van der Waals surface area contributed by atoms with Crippen molar-refractivity contribution in [3.05, 3.63) is 62.8 Å². The van der Waals surface area contributed by atoms with Crippen molar-refractivity contribution in [3.8, 4) is 0 Å². The number of nitrogens with zero attached hydrogens (tertiary/aromatic N) is 2. The Bertz CT molecular complexity index is 774. The van der Waals surface area contributed by atoms with Crippen molar-refractivity contribution in [3.63, 3.8) is 0 Å². The number of ether oxygens (including phenoxy) is 2. The van der Waals surface area contributed by atoms with E-state index in [1.807, 2.05) is 30.3 Å². The number of carbonyl (C=O) groups excluding carboxylic acids is 2. The van der Waals surface area contributed by atoms with Crippen LogP contribution in [0.15, 0.2) is 56.7 Å². The van der Waals surface area contributed by atoms with Gasteiger partial charge in [0.1, 0.15) is 12.3 Å². The Morgan fingerprint density at radius 1 is 1.12 bits per heavy atom. The summed E-state index contributed by atoms with van der Waals surface area (Å²) in [6.07, 6.45) is 2.40. The molecule has 6 nitrogen and oxygen atoms in total. The van der Waals surface area contributed by atoms with Gasteiger partial charge in [0.15, 0.2) is 0 Å². The third kappa shape index (κ3) is 5.75. The third-order valence-electron chi connectivity index (χ3n) is 3.15. The summed E-state index contributed by atoms with van der Waals surface area (Å²) in [5, 5.41) is 0. The fourth-order valence-electron chi connectivity index (χ4n) is 1.91. The summed E-state index contributed by atoms with van der Waals surface area (Å²) < 4.78 is 11.1. The first-order chi connectivity index (χ1) is 12.0. The molecule has 1 heterocycles. The summed E-state index contributed by atoms with van der Waals surface area (Å²) in [6, 6.07) is 9.19. The van der Waals surface area contributed by atoms with E-state index in [-0.39, 0.29) is 18.7 Å². The zero-order valence-electron chi connectivity index (χ0n) is 13.2. The van der Waals surface area contributed by atoms with E-state index in [0.29, 0.717) is 8.95 Å². The van der Waals surface area contributed by atoms with E-state index in [0.717, 1.165) is 11.1 Å². The predicted molar refractivity (Wildman–Crippen MR) is 99.4 cm³/mol. The van der Waals surface area contributed by atoms with Gasteiger partial charge in [0, 0.05) is 27.8 Å². The molecule has 0 radical (unpaired) electrons. The molecule has 0 N–H and O–H groups in total. The number of aromatic nitrogens is 1. The van der Waals surface area contributed by atoms with E-state index in [1.165, 1.54) is 7.11 Å². The maximum Gasteiger partial charge on any atom is 0.434 e. The Hall–Kier alpha value is -2.06. The molecule has 2 rings (SSSR count). The summed E-state index contributed by atoms with van der Waals surface area (Å²) >= 11 is 6.72. The van der Waals surface area contributed by atoms with Gasteiger partial charge in [0.2, 0.25) is 0 Å². The second-order valence-corrected chi connectivity index (χ2v) is 6.56. The van der Waals surface area contributed by atoms with Gasteiger partial charge >= 0.3 is 12.1 Å². The van der Waals surface area contributed by atoms with Crippen LogP contribution < -0.4 is 0 Å². The average Bonchev–Trinajstić information content (AvgIpc) is 2.62. The number of hydrogen-bond donors (Lipinski definition) is 0. The van der Waals surface area contributed by atoms with Crippen LogP contribution in [0.3, 0.4) is 0 Å². The number of hydrogen-bond acceptors (Lipinski definition) is 5. The second-order valence-electron chi connectivity index (χ2n) is 4.85. The quantitative estimate of drug-likeness (QED) is 0.486. The highest BCUT2D eigenvalue weighted by Crippen LogP contribution is 2.24. The van der Waals surface area contributed by atoms with Crippen LogP contribution >= 0.6 is 31.9 Å². The Labute approximate surface area is 161 Å². The Morgan fingerprint density at radius 2 is 1.76 bits per heavy atom. The van der Waals surface area contributed by atoms with Crippen LogP contribution in [-0.2, 0) is 27.3 Å². The molecule has 1 amide bonds. The summed E-state index contributed by atoms with van der Waals surface area (Å²) in [5.74, 6) is -0.702. The largest absolute Gasteiger partial charge is 0.465 e. The van der Waals surface area contributed by atoms with E-state index in [1.54, 1.807) is 12.4 Å². The Morgan fingerprint density at radius 3 is 2.36 bits per heavy atom. The van der Waals surface area contributed by atoms with Gasteiger partial charge in [-0.25, -0.2) is 9.59 Å². The first-order valence-corrected chi connectivity index (χ1v) is 8.74. The second kappa shape index (κ2) is 9.43. The molecule has 1 aromatic heterocycles. The van der Waals surface area contributed by atoms with Crippen LogP contribution in [0.1, 0.15) is 11.1 Å². The first-order valence-electron chi connectivity index (χ1n) is 7.15. The number of rotatable bonds is 5. The fourth-order valence-corrected chi connectivity index (χ4v) is 3.12. The Balaban J connectivity index is 2.14. The molecule has 0 atom stereocenters. The molecule has 130 valence electrons. The molecule has 0 spiro atoms. The van der Waals surface area contributed by atoms with Crippen LogP contribution in [0.25, 0.3) is 0 Å². The molecule has 1 aromatic carbocycles. The number of benzene rings is 1. The molecule has 8 heteroatoms. The average molecular weight is 470 g/mol. The van der Waals surface area contributed by atoms with E-state index < -0.39 is 12.1 Å². The summed E-state index contributed by atoms with van der Waals surface area (Å²) in [5.41, 5.74) is 1.48. The number of pyridine rings is 1. The standard InChI is InChI=1S/C17H14Br2N2O4/c1-24-16(22)15(7-12-13(18)8-20-9-14(12)19)21-17(23)25-10-11-5-3-2-4-6-11/h2-6,8-9H,7,10H2,1H3. The first kappa shape index (κ1) is 19.3. The van der Waals surface area contributed by atoms with Crippen LogP contribution in [0, 0.1) is 0 Å². The lowest BCUT2D eigenvalue weighted by Gasteiger charge is -2.08. The molecule has 0 aliphatic rings. The number of amides is 1. The van der Waals surface area contributed by atoms with Crippen molar-refractivity contribution in [1.82, 2.24) is 4.98 Å². The minimum absolute atomic E-state index is 0.0619. The van der Waals surface area contributed by atoms with Crippen molar-refractivity contribution < 1.29 is 19.1 Å². The third-order valence-corrected chi connectivity index (χ3v) is 4.52. The van der Waals surface area contributed by atoms with Crippen LogP contribution in [0.4, 0.5) is 4.79 Å². The van der Waals surface area contributed by atoms with Crippen LogP contribution in [0.5, 0.6) is 0 Å². The molecule has 0 aliphatic carbocycles. The van der Waals surface area contributed by atoms with Gasteiger partial charge in [-0.2, -0.15) is 4.99 Å². The molecular formula is C17H14Br2N2O4. The highest BCUT2D eigenvalue weighted by molar-refractivity contribution is 9.11. The molecule has 0 bridgehead atoms. The van der Waals surface area contributed by atoms with Crippen LogP contribution in [0.2, 0.25) is 0 Å². The minimum Gasteiger partial charge on any atom is -0.465 e. The SMILES string of the molecule is COC(=O)C(Cc1c(Br)cncc1Br)=NC(=O)OCc1ccccc1. The van der Waals surface area contributed by atoms with Crippen molar-refractivity contribution in [2.45, 2.75) is 13.0 Å². The fraction of sp³-hybridized carbons (Fsp3) is 0.176. The zero-order valence-corrected chi connectivity index (χ0v) is 16.4. The monoisotopic (exact) mass is 468 g/mol. The van der Waals surface area contributed by atoms with Crippen LogP contribution in [-0.4, -0.2) is 29.9 Å². The maximum atomic E-state index is 12.0. The van der Waals surface area contributed by atoms with Gasteiger partial charge in [0.05, 0.1) is 7.11 Å². The number of halogens is 2. The van der Waals surface area contributed by atoms with Gasteiger partial charge in [-0.1, -0.05) is 30.3 Å². The molecule has 25 heavy (non-hydrogen) atoms. The topological polar surface area (TPSA) is 77.9 Å². The lowest BCUT2D eigenvalue weighted by atomic mass is 10.1. The highest BCUT2D eigenvalue weighted by atomic mass is 79.9. The lowest BCUT2D eigenvalue weighted by molar-refractivity contribution is -0.132. The van der Waals surface area contributed by atoms with Gasteiger partial charge < -0.3 is 9.47 Å². The molecule has 0 saturated heterocycles. The lowest BCUT2D eigenvalue weighted by Crippen LogP contribution is -2.21. The van der Waals surface area contributed by atoms with Crippen molar-refractivity contribution >= 4 is 49.6 Å². The summed E-state index contributed by atoms with van der Waals surface area (Å²) in [6.45, 7) is 0.0697. The molecule has 0 fully saturated rings. The maximum absolute atomic E-state index is 12.0. The van der Waals surface area contributed by atoms with E-state index >= 15 is 0 Å². The van der Waals surface area contributed by atoms with Gasteiger partial charge in [-0.3, -0.25) is 4.98 Å². The molecule has 0 aliphatic heterocycles. The van der Waals surface area contributed by atoms with E-state index in [9.17, 15) is 9.59 Å². The van der Waals surface area contributed by atoms with Crippen molar-refractivity contribution in [2.24, 2.45) is 4.99 Å². The van der Waals surface area contributed by atoms with Gasteiger partial charge in [-0.15, -0.1) is 0 Å². The summed E-state index contributed by atoms with van der Waals surface area (Å²) in [7, 11) is 1.23. The van der Waals surface area contributed by atoms with Gasteiger partial charge in [-0.05, 0) is 43.0 Å². The number of aliphatic imine (C=N–C) groups is 1. The molecule has 0 unspecified atom stereocenters. The smallest absolute Gasteiger partial charge is 0.434 e. The number of carbonyl (C=O) groups is 2. The van der Waals surface area contributed by atoms with Gasteiger partial charge in [0.25, 0.3) is 0 Å². The molecule has 0 saturated carbocycles. The summed E-state index contributed by atoms with van der Waals surface area (Å²) in [4.78, 5) is 31.7. The zero-order chi connectivity index (χ0) is 18.2. The normalized spacial score (nSPS) is 11.1. The predicted octanol–water partition coefficient (Wildman–Crippen LogP) is 4.10. The molecular weight excluding hydrogens is 456 g/mol. The van der Waals surface area contributed by atoms with E-state index in [2.05, 4.69) is 41.8 Å². The number of esters is 1. The van der Waals surface area contributed by atoms with E-state index in [4.69, 9.17) is 9.47 Å². The minimum atomic E-state index is -0.856. The Kier molecular flexibility index (Phi) is 7.27.